The topological polar surface area (TPSA) is 181 Å². The van der Waals surface area contributed by atoms with Gasteiger partial charge in [0.25, 0.3) is 0 Å². The Balaban J connectivity index is 1.56. The van der Waals surface area contributed by atoms with Gasteiger partial charge in [-0.25, -0.2) is 4.79 Å². The van der Waals surface area contributed by atoms with E-state index in [0.717, 1.165) is 0 Å². The molecule has 318 valence electrons. The van der Waals surface area contributed by atoms with Crippen LogP contribution in [-0.2, 0) is 47.7 Å². The molecule has 0 radical (unpaired) electrons. The molecule has 3 fully saturated rings. The number of carbonyl (C=O) groups excluding carboxylic acids is 6. The number of ketones is 1. The summed E-state index contributed by atoms with van der Waals surface area (Å²) in [4.78, 5) is 83.5. The number of fused-ring (bicyclic) bond motifs is 5. The maximum Gasteiger partial charge on any atom is 0.338 e. The van der Waals surface area contributed by atoms with Crippen LogP contribution in [0.15, 0.2) is 71.8 Å². The molecule has 1 saturated heterocycles. The van der Waals surface area contributed by atoms with Crippen molar-refractivity contribution in [1.29, 1.82) is 0 Å². The van der Waals surface area contributed by atoms with Gasteiger partial charge in [-0.05, 0) is 55.0 Å². The van der Waals surface area contributed by atoms with E-state index in [1.54, 1.807) is 103 Å². The lowest BCUT2D eigenvalue weighted by atomic mass is 9.43. The molecule has 13 nitrogen and oxygen atoms in total. The minimum atomic E-state index is -2.18. The van der Waals surface area contributed by atoms with E-state index < -0.39 is 99.9 Å². The summed E-state index contributed by atoms with van der Waals surface area (Å²) in [6, 6.07) is 16.4. The highest BCUT2D eigenvalue weighted by Crippen LogP contribution is 2.65. The van der Waals surface area contributed by atoms with Crippen molar-refractivity contribution >= 4 is 35.6 Å². The lowest BCUT2D eigenvalue weighted by Gasteiger charge is -2.68. The summed E-state index contributed by atoms with van der Waals surface area (Å²) in [7, 11) is 0. The van der Waals surface area contributed by atoms with Crippen LogP contribution in [0, 0.1) is 34.5 Å². The van der Waals surface area contributed by atoms with Gasteiger partial charge in [0.1, 0.15) is 23.9 Å². The van der Waals surface area contributed by atoms with Crippen molar-refractivity contribution in [2.75, 3.05) is 6.61 Å². The minimum Gasteiger partial charge on any atom is -0.457 e. The van der Waals surface area contributed by atoms with Gasteiger partial charge in [0.2, 0.25) is 5.91 Å². The Morgan fingerprint density at radius 1 is 0.881 bits per heavy atom. The number of carbonyl (C=O) groups is 6. The highest BCUT2D eigenvalue weighted by atomic mass is 16.6. The summed E-state index contributed by atoms with van der Waals surface area (Å²) in [5.41, 5.74) is -5.39. The largest absolute Gasteiger partial charge is 0.457 e. The van der Waals surface area contributed by atoms with Crippen molar-refractivity contribution in [3.63, 3.8) is 0 Å². The third kappa shape index (κ3) is 7.28. The van der Waals surface area contributed by atoms with Gasteiger partial charge in [-0.3, -0.25) is 24.0 Å². The summed E-state index contributed by atoms with van der Waals surface area (Å²) in [5.74, 6) is -6.88. The van der Waals surface area contributed by atoms with Crippen molar-refractivity contribution in [1.82, 2.24) is 5.32 Å². The second-order valence-electron chi connectivity index (χ2n) is 17.9. The average molecular weight is 816 g/mol. The molecular weight excluding hydrogens is 759 g/mol. The monoisotopic (exact) mass is 815 g/mol. The molecule has 59 heavy (non-hydrogen) atoms. The second-order valence-corrected chi connectivity index (χ2v) is 17.9. The van der Waals surface area contributed by atoms with Crippen molar-refractivity contribution in [3.05, 3.63) is 82.9 Å². The lowest BCUT2D eigenvalue weighted by molar-refractivity contribution is -0.340. The number of hydrogen-bond acceptors (Lipinski definition) is 12. The average Bonchev–Trinajstić information content (AvgIpc) is 3.18. The Kier molecular flexibility index (Phi) is 11.8. The summed E-state index contributed by atoms with van der Waals surface area (Å²) in [6.07, 6.45) is -5.21. The van der Waals surface area contributed by atoms with Crippen molar-refractivity contribution < 1.29 is 57.6 Å². The van der Waals surface area contributed by atoms with Crippen molar-refractivity contribution in [2.24, 2.45) is 34.5 Å². The number of amides is 1. The van der Waals surface area contributed by atoms with Crippen LogP contribution in [0.5, 0.6) is 0 Å². The van der Waals surface area contributed by atoms with E-state index in [9.17, 15) is 29.1 Å². The van der Waals surface area contributed by atoms with Gasteiger partial charge in [-0.1, -0.05) is 90.1 Å². The van der Waals surface area contributed by atoms with E-state index in [1.165, 1.54) is 13.8 Å². The predicted octanol–water partition coefficient (Wildman–Crippen LogP) is 5.63. The number of benzene rings is 2. The normalized spacial score (nSPS) is 33.1. The molecule has 2 saturated carbocycles. The SMILES string of the molecule is CC(=O)OC1C(=O)[C@@]2(C)C(C(OC(=O)c3ccccc3)C3(O)CC(OC(=O)[C@H](C)C(NC(=O)C(C)C)c4ccccc4)C(C)=C1C3(C)C)[C@]1(OC(C)=O)COC1C[C@@H]2C. The quantitative estimate of drug-likeness (QED) is 0.172. The highest BCUT2D eigenvalue weighted by molar-refractivity contribution is 5.95. The molecule has 0 spiro atoms. The Hall–Kier alpha value is -4.88. The fourth-order valence-corrected chi connectivity index (χ4v) is 10.2. The van der Waals surface area contributed by atoms with Crippen LogP contribution in [0.2, 0.25) is 0 Å². The van der Waals surface area contributed by atoms with Gasteiger partial charge in [-0.2, -0.15) is 0 Å². The Labute approximate surface area is 345 Å². The van der Waals surface area contributed by atoms with E-state index in [0.29, 0.717) is 11.1 Å². The fraction of sp³-hybridized carbons (Fsp3) is 0.565. The number of rotatable bonds is 10. The van der Waals surface area contributed by atoms with E-state index >= 15 is 4.79 Å². The van der Waals surface area contributed by atoms with E-state index in [2.05, 4.69) is 5.32 Å². The molecule has 7 unspecified atom stereocenters. The summed E-state index contributed by atoms with van der Waals surface area (Å²) in [6.45, 7) is 15.9. The number of ether oxygens (including phenoxy) is 5. The minimum absolute atomic E-state index is 0.160. The zero-order chi connectivity index (χ0) is 43.4. The van der Waals surface area contributed by atoms with E-state index in [1.807, 2.05) is 13.0 Å². The molecule has 4 aliphatic rings. The van der Waals surface area contributed by atoms with Crippen molar-refractivity contribution in [3.8, 4) is 0 Å². The molecule has 1 amide bonds. The number of aliphatic hydroxyl groups is 1. The first-order valence-electron chi connectivity index (χ1n) is 20.4. The second kappa shape index (κ2) is 15.9. The standard InChI is InChI=1S/C46H57NO12/c1-24(2)40(51)47-35(30-17-13-11-14-18-30)27(5)41(52)57-32-22-46(54)39(58-42(53)31-19-15-12-16-20-31)37-44(10,25(3)21-33-45(37,23-55-33)59-29(7)49)38(50)36(56-28(6)48)34(26(32)4)43(46,8)9/h11-20,24-25,27,32-33,35-37,39,54H,21-23H2,1-10H3,(H,47,51)/t25-,27+,32?,33?,35?,36?,37?,39?,44+,45-,46?/m0/s1. The van der Waals surface area contributed by atoms with Crippen LogP contribution < -0.4 is 5.32 Å². The van der Waals surface area contributed by atoms with Gasteiger partial charge in [0.15, 0.2) is 17.5 Å². The molecule has 13 heteroatoms. The Bertz CT molecular complexity index is 2030. The maximum atomic E-state index is 15.6. The molecule has 2 N–H and O–H groups in total. The van der Waals surface area contributed by atoms with Crippen LogP contribution in [-0.4, -0.2) is 82.9 Å². The molecule has 2 bridgehead atoms. The predicted molar refractivity (Wildman–Crippen MR) is 213 cm³/mol. The molecule has 11 atom stereocenters. The molecule has 0 aromatic heterocycles. The van der Waals surface area contributed by atoms with Crippen LogP contribution in [0.25, 0.3) is 0 Å². The van der Waals surface area contributed by atoms with Gasteiger partial charge in [0.05, 0.1) is 30.0 Å². The maximum absolute atomic E-state index is 15.6. The third-order valence-corrected chi connectivity index (χ3v) is 13.8. The molecule has 2 aromatic carbocycles. The number of nitrogens with one attached hydrogen (secondary N) is 1. The number of esters is 4. The molecular formula is C46H57NO12. The smallest absolute Gasteiger partial charge is 0.338 e. The summed E-state index contributed by atoms with van der Waals surface area (Å²) < 4.78 is 31.1. The molecule has 6 rings (SSSR count). The first-order valence-corrected chi connectivity index (χ1v) is 20.4. The zero-order valence-electron chi connectivity index (χ0n) is 35.5. The molecule has 1 heterocycles. The van der Waals surface area contributed by atoms with Gasteiger partial charge < -0.3 is 34.1 Å². The summed E-state index contributed by atoms with van der Waals surface area (Å²) >= 11 is 0. The highest BCUT2D eigenvalue weighted by Gasteiger charge is 2.77. The zero-order valence-corrected chi connectivity index (χ0v) is 35.5. The number of hydrogen-bond donors (Lipinski definition) is 2. The summed E-state index contributed by atoms with van der Waals surface area (Å²) in [5, 5.41) is 16.7. The number of Topliss-reactive ketones (excluding diaryl/α,β-unsaturated/α-hetero) is 1. The van der Waals surface area contributed by atoms with Gasteiger partial charge in [-0.15, -0.1) is 0 Å². The molecule has 1 aliphatic heterocycles. The van der Waals surface area contributed by atoms with Crippen LogP contribution in [0.1, 0.15) is 104 Å². The van der Waals surface area contributed by atoms with Crippen LogP contribution in [0.4, 0.5) is 0 Å². The third-order valence-electron chi connectivity index (χ3n) is 13.8. The van der Waals surface area contributed by atoms with Gasteiger partial charge >= 0.3 is 23.9 Å². The first-order chi connectivity index (χ1) is 27.6. The molecule has 3 aliphatic carbocycles. The van der Waals surface area contributed by atoms with Gasteiger partial charge in [0, 0.05) is 37.0 Å². The van der Waals surface area contributed by atoms with Crippen molar-refractivity contribution in [2.45, 2.75) is 124 Å². The van der Waals surface area contributed by atoms with E-state index in [-0.39, 0.29) is 42.4 Å². The van der Waals surface area contributed by atoms with Crippen LogP contribution >= 0.6 is 0 Å². The van der Waals surface area contributed by atoms with Crippen LogP contribution in [0.3, 0.4) is 0 Å². The molecule has 2 aromatic rings. The Morgan fingerprint density at radius 3 is 2.03 bits per heavy atom. The first kappa shape index (κ1) is 43.7. The Morgan fingerprint density at radius 2 is 1.49 bits per heavy atom. The fourth-order valence-electron chi connectivity index (χ4n) is 10.2. The lowest BCUT2D eigenvalue weighted by Crippen LogP contribution is -2.80. The van der Waals surface area contributed by atoms with E-state index in [4.69, 9.17) is 23.7 Å².